The van der Waals surface area contributed by atoms with Crippen molar-refractivity contribution < 1.29 is 37.0 Å². The van der Waals surface area contributed by atoms with Crippen LogP contribution in [-0.2, 0) is 11.3 Å². The molecule has 1 heterocycles. The Morgan fingerprint density at radius 2 is 1.90 bits per heavy atom. The maximum absolute atomic E-state index is 12.5. The van der Waals surface area contributed by atoms with Crippen LogP contribution in [0.5, 0.6) is 11.5 Å². The number of nitrogens with zero attached hydrogens (tertiary/aromatic N) is 1. The number of urea groups is 1. The van der Waals surface area contributed by atoms with Crippen LogP contribution < -0.4 is 36.5 Å². The van der Waals surface area contributed by atoms with E-state index in [1.165, 1.54) is 7.11 Å². The first-order chi connectivity index (χ1) is 18.5. The Labute approximate surface area is 223 Å². The van der Waals surface area contributed by atoms with E-state index >= 15 is 0 Å². The van der Waals surface area contributed by atoms with Crippen LogP contribution in [0.25, 0.3) is 0 Å². The Hall–Kier alpha value is -4.20. The van der Waals surface area contributed by atoms with Crippen molar-refractivity contribution in [3.63, 3.8) is 0 Å². The summed E-state index contributed by atoms with van der Waals surface area (Å²) in [5, 5.41) is 10.6. The molecule has 0 radical (unpaired) electrons. The largest absolute Gasteiger partial charge is 0.573 e. The van der Waals surface area contributed by atoms with Gasteiger partial charge in [-0.3, -0.25) is 14.5 Å². The maximum Gasteiger partial charge on any atom is 0.573 e. The van der Waals surface area contributed by atoms with Crippen LogP contribution in [0.4, 0.5) is 29.3 Å². The van der Waals surface area contributed by atoms with Crippen molar-refractivity contribution >= 4 is 29.2 Å². The number of carbonyl (C=O) groups is 3. The molecule has 14 heteroatoms. The molecule has 0 unspecified atom stereocenters. The number of ether oxygens (including phenoxy) is 2. The van der Waals surface area contributed by atoms with Gasteiger partial charge < -0.3 is 36.5 Å². The Morgan fingerprint density at radius 1 is 1.13 bits per heavy atom. The lowest BCUT2D eigenvalue weighted by Crippen LogP contribution is -2.43. The fourth-order valence-corrected chi connectivity index (χ4v) is 4.09. The van der Waals surface area contributed by atoms with Gasteiger partial charge in [0.1, 0.15) is 11.5 Å². The molecule has 2 aromatic carbocycles. The van der Waals surface area contributed by atoms with Crippen LogP contribution in [0.1, 0.15) is 29.3 Å². The number of hydrogen-bond donors (Lipinski definition) is 5. The average molecular weight is 553 g/mol. The first-order valence-electron chi connectivity index (χ1n) is 12.1. The highest BCUT2D eigenvalue weighted by atomic mass is 19.4. The average Bonchev–Trinajstić information content (AvgIpc) is 3.29. The van der Waals surface area contributed by atoms with Crippen LogP contribution >= 0.6 is 0 Å². The molecule has 0 aromatic heterocycles. The number of anilines is 2. The number of alkyl halides is 3. The van der Waals surface area contributed by atoms with Gasteiger partial charge in [0.25, 0.3) is 5.91 Å². The summed E-state index contributed by atoms with van der Waals surface area (Å²) in [7, 11) is 1.52. The number of carbonyl (C=O) groups excluding carboxylic acids is 3. The van der Waals surface area contributed by atoms with Gasteiger partial charge in [-0.1, -0.05) is 6.07 Å². The summed E-state index contributed by atoms with van der Waals surface area (Å²) in [4.78, 5) is 38.9. The highest BCUT2D eigenvalue weighted by Gasteiger charge is 2.31. The summed E-state index contributed by atoms with van der Waals surface area (Å²) in [5.41, 5.74) is 6.88. The van der Waals surface area contributed by atoms with Gasteiger partial charge in [0.15, 0.2) is 0 Å². The Balaban J connectivity index is 1.49. The van der Waals surface area contributed by atoms with Crippen molar-refractivity contribution in [2.24, 2.45) is 0 Å². The van der Waals surface area contributed by atoms with Gasteiger partial charge >= 0.3 is 12.4 Å². The molecule has 39 heavy (non-hydrogen) atoms. The molecule has 1 saturated heterocycles. The molecule has 11 nitrogen and oxygen atoms in total. The van der Waals surface area contributed by atoms with E-state index in [9.17, 15) is 27.6 Å². The lowest BCUT2D eigenvalue weighted by atomic mass is 10.1. The van der Waals surface area contributed by atoms with E-state index in [4.69, 9.17) is 10.5 Å². The van der Waals surface area contributed by atoms with Crippen LogP contribution in [-0.4, -0.2) is 68.4 Å². The minimum absolute atomic E-state index is 0.0586. The lowest BCUT2D eigenvalue weighted by Gasteiger charge is -2.18. The number of nitrogens with two attached hydrogens (primary N) is 1. The molecule has 4 amide bonds. The van der Waals surface area contributed by atoms with Crippen molar-refractivity contribution in [2.45, 2.75) is 32.3 Å². The third-order valence-electron chi connectivity index (χ3n) is 5.81. The molecule has 212 valence electrons. The number of nitrogen functional groups attached to an aromatic ring is 1. The molecular weight excluding hydrogens is 521 g/mol. The summed E-state index contributed by atoms with van der Waals surface area (Å²) in [6.45, 7) is 3.77. The van der Waals surface area contributed by atoms with Crippen molar-refractivity contribution in [3.05, 3.63) is 47.5 Å². The summed E-state index contributed by atoms with van der Waals surface area (Å²) < 4.78 is 46.5. The second-order valence-electron chi connectivity index (χ2n) is 8.79. The molecule has 0 saturated carbocycles. The molecule has 1 atom stereocenters. The van der Waals surface area contributed by atoms with E-state index in [1.807, 2.05) is 19.1 Å². The second-order valence-corrected chi connectivity index (χ2v) is 8.79. The number of halogens is 3. The SMILES string of the molecule is CCNC(=O)Nc1cc(CN2CC[C@@H](NC(=O)CNC(=O)c3cc(OC(F)(F)F)ccc3N)C2)ccc1OC. The van der Waals surface area contributed by atoms with Gasteiger partial charge in [0.05, 0.1) is 24.9 Å². The van der Waals surface area contributed by atoms with Crippen molar-refractivity contribution in [1.29, 1.82) is 0 Å². The molecule has 2 aromatic rings. The Kier molecular flexibility index (Phi) is 9.82. The standard InChI is InChI=1S/C25H31F3N6O5/c1-3-30-24(37)33-20-10-15(4-7-21(20)38-2)13-34-9-8-16(14-34)32-22(35)12-31-23(36)18-11-17(5-6-19(18)29)39-25(26,27)28/h4-7,10-11,16H,3,8-9,12-14,29H2,1-2H3,(H,31,36)(H,32,35)(H2,30,33,37)/t16-/m1/s1. The molecule has 1 aliphatic heterocycles. The van der Waals surface area contributed by atoms with Crippen LogP contribution in [0.2, 0.25) is 0 Å². The Morgan fingerprint density at radius 3 is 2.59 bits per heavy atom. The van der Waals surface area contributed by atoms with Gasteiger partial charge in [0.2, 0.25) is 5.91 Å². The van der Waals surface area contributed by atoms with Crippen molar-refractivity contribution in [1.82, 2.24) is 20.9 Å². The third kappa shape index (κ3) is 8.95. The number of hydrogen-bond acceptors (Lipinski definition) is 7. The van der Waals surface area contributed by atoms with Crippen LogP contribution in [0.15, 0.2) is 36.4 Å². The van der Waals surface area contributed by atoms with E-state index in [2.05, 4.69) is 30.9 Å². The van der Waals surface area contributed by atoms with Crippen LogP contribution in [0.3, 0.4) is 0 Å². The summed E-state index contributed by atoms with van der Waals surface area (Å²) >= 11 is 0. The number of likely N-dealkylation sites (tertiary alicyclic amines) is 1. The van der Waals surface area contributed by atoms with Gasteiger partial charge in [-0.25, -0.2) is 4.79 Å². The summed E-state index contributed by atoms with van der Waals surface area (Å²) in [6, 6.07) is 7.96. The maximum atomic E-state index is 12.5. The van der Waals surface area contributed by atoms with E-state index in [0.717, 1.165) is 23.8 Å². The van der Waals surface area contributed by atoms with E-state index in [1.54, 1.807) is 6.07 Å². The number of amides is 4. The van der Waals surface area contributed by atoms with Crippen LogP contribution in [0, 0.1) is 0 Å². The topological polar surface area (TPSA) is 147 Å². The van der Waals surface area contributed by atoms with E-state index < -0.39 is 23.9 Å². The van der Waals surface area contributed by atoms with Crippen molar-refractivity contribution in [3.8, 4) is 11.5 Å². The Bertz CT molecular complexity index is 1190. The van der Waals surface area contributed by atoms with Gasteiger partial charge in [-0.2, -0.15) is 0 Å². The molecule has 0 bridgehead atoms. The number of benzene rings is 2. The fourth-order valence-electron chi connectivity index (χ4n) is 4.09. The predicted octanol–water partition coefficient (Wildman–Crippen LogP) is 2.44. The first-order valence-corrected chi connectivity index (χ1v) is 12.1. The minimum Gasteiger partial charge on any atom is -0.495 e. The van der Waals surface area contributed by atoms with Gasteiger partial charge in [-0.15, -0.1) is 13.2 Å². The molecule has 1 fully saturated rings. The lowest BCUT2D eigenvalue weighted by molar-refractivity contribution is -0.274. The molecule has 6 N–H and O–H groups in total. The quantitative estimate of drug-likeness (QED) is 0.285. The highest BCUT2D eigenvalue weighted by Crippen LogP contribution is 2.27. The molecule has 0 spiro atoms. The van der Waals surface area contributed by atoms with E-state index in [-0.39, 0.29) is 29.9 Å². The molecule has 0 aliphatic carbocycles. The molecule has 1 aliphatic rings. The zero-order valence-corrected chi connectivity index (χ0v) is 21.5. The highest BCUT2D eigenvalue weighted by molar-refractivity contribution is 6.01. The zero-order valence-electron chi connectivity index (χ0n) is 21.5. The monoisotopic (exact) mass is 552 g/mol. The predicted molar refractivity (Wildman–Crippen MR) is 137 cm³/mol. The second kappa shape index (κ2) is 13.0. The zero-order chi connectivity index (χ0) is 28.6. The molecule has 3 rings (SSSR count). The summed E-state index contributed by atoms with van der Waals surface area (Å²) in [5.74, 6) is -1.32. The van der Waals surface area contributed by atoms with Gasteiger partial charge in [-0.05, 0) is 49.2 Å². The number of methoxy groups -OCH3 is 1. The first kappa shape index (κ1) is 29.4. The normalized spacial score (nSPS) is 15.4. The minimum atomic E-state index is -4.92. The number of rotatable bonds is 10. The van der Waals surface area contributed by atoms with Gasteiger partial charge in [0, 0.05) is 37.9 Å². The van der Waals surface area contributed by atoms with Crippen molar-refractivity contribution in [2.75, 3.05) is 44.3 Å². The molecular formula is C25H31F3N6O5. The fraction of sp³-hybridized carbons (Fsp3) is 0.400. The van der Waals surface area contributed by atoms with E-state index in [0.29, 0.717) is 44.0 Å². The smallest absolute Gasteiger partial charge is 0.495 e. The summed E-state index contributed by atoms with van der Waals surface area (Å²) in [6.07, 6.45) is -4.24. The number of nitrogens with one attached hydrogen (secondary N) is 4. The third-order valence-corrected chi connectivity index (χ3v) is 5.81.